The van der Waals surface area contributed by atoms with Crippen LogP contribution in [0.4, 0.5) is 4.39 Å². The number of carboxylic acid groups (broad SMARTS) is 1. The summed E-state index contributed by atoms with van der Waals surface area (Å²) in [5.74, 6) is -1.97. The minimum absolute atomic E-state index is 0.112. The van der Waals surface area contributed by atoms with Crippen LogP contribution < -0.4 is 0 Å². The Morgan fingerprint density at radius 1 is 1.53 bits per heavy atom. The minimum atomic E-state index is -0.991. The summed E-state index contributed by atoms with van der Waals surface area (Å²) in [4.78, 5) is 10.7. The summed E-state index contributed by atoms with van der Waals surface area (Å²) in [5.41, 5.74) is 0.112. The van der Waals surface area contributed by atoms with Crippen LogP contribution in [0.5, 0.6) is 0 Å². The van der Waals surface area contributed by atoms with Crippen molar-refractivity contribution in [3.05, 3.63) is 35.8 Å². The van der Waals surface area contributed by atoms with Crippen LogP contribution in [0.15, 0.2) is 28.7 Å². The number of hydrogen-bond donors (Lipinski definition) is 1. The molecular weight excluding hydrogens is 199 g/mol. The maximum atomic E-state index is 13.2. The molecule has 0 radical (unpaired) electrons. The molecule has 1 heterocycles. The molecule has 0 aliphatic heterocycles. The first-order valence-electron chi connectivity index (χ1n) is 4.50. The molecular formula is C11H9FO3. The maximum absolute atomic E-state index is 13.2. The first-order valence-corrected chi connectivity index (χ1v) is 4.50. The highest BCUT2D eigenvalue weighted by Gasteiger charge is 2.19. The third-order valence-electron chi connectivity index (χ3n) is 2.31. The molecule has 2 aromatic rings. The topological polar surface area (TPSA) is 50.4 Å². The van der Waals surface area contributed by atoms with Gasteiger partial charge in [0.2, 0.25) is 0 Å². The summed E-state index contributed by atoms with van der Waals surface area (Å²) >= 11 is 0. The maximum Gasteiger partial charge on any atom is 0.313 e. The highest BCUT2D eigenvalue weighted by atomic mass is 19.1. The zero-order valence-corrected chi connectivity index (χ0v) is 8.03. The molecule has 1 aromatic heterocycles. The van der Waals surface area contributed by atoms with Crippen LogP contribution in [0.3, 0.4) is 0 Å². The third kappa shape index (κ3) is 1.58. The Kier molecular flexibility index (Phi) is 2.19. The molecule has 0 saturated heterocycles. The fraction of sp³-hybridized carbons (Fsp3) is 0.182. The predicted molar refractivity (Wildman–Crippen MR) is 52.2 cm³/mol. The number of para-hydroxylation sites is 1. The lowest BCUT2D eigenvalue weighted by Crippen LogP contribution is -2.05. The van der Waals surface area contributed by atoms with Gasteiger partial charge in [-0.25, -0.2) is 4.39 Å². The van der Waals surface area contributed by atoms with Crippen molar-refractivity contribution in [3.8, 4) is 0 Å². The minimum Gasteiger partial charge on any atom is -0.481 e. The average molecular weight is 208 g/mol. The van der Waals surface area contributed by atoms with E-state index in [2.05, 4.69) is 0 Å². The summed E-state index contributed by atoms with van der Waals surface area (Å²) in [5, 5.41) is 9.36. The Hall–Kier alpha value is -1.84. The smallest absolute Gasteiger partial charge is 0.313 e. The highest BCUT2D eigenvalue weighted by molar-refractivity contribution is 5.81. The largest absolute Gasteiger partial charge is 0.481 e. The Morgan fingerprint density at radius 2 is 2.27 bits per heavy atom. The zero-order valence-electron chi connectivity index (χ0n) is 8.03. The molecule has 1 atom stereocenters. The van der Waals surface area contributed by atoms with E-state index in [0.29, 0.717) is 5.39 Å². The van der Waals surface area contributed by atoms with Crippen LogP contribution in [-0.4, -0.2) is 11.1 Å². The molecule has 1 aromatic carbocycles. The highest BCUT2D eigenvalue weighted by Crippen LogP contribution is 2.26. The van der Waals surface area contributed by atoms with Crippen molar-refractivity contribution in [3.63, 3.8) is 0 Å². The summed E-state index contributed by atoms with van der Waals surface area (Å²) < 4.78 is 18.4. The molecule has 0 fully saturated rings. The van der Waals surface area contributed by atoms with Crippen LogP contribution >= 0.6 is 0 Å². The Balaban J connectivity index is 2.56. The monoisotopic (exact) mass is 208 g/mol. The summed E-state index contributed by atoms with van der Waals surface area (Å²) in [6.07, 6.45) is 0. The van der Waals surface area contributed by atoms with E-state index in [1.54, 1.807) is 18.2 Å². The van der Waals surface area contributed by atoms with E-state index >= 15 is 0 Å². The van der Waals surface area contributed by atoms with E-state index in [4.69, 9.17) is 9.52 Å². The van der Waals surface area contributed by atoms with E-state index in [1.807, 2.05) is 0 Å². The van der Waals surface area contributed by atoms with Gasteiger partial charge in [-0.1, -0.05) is 12.1 Å². The van der Waals surface area contributed by atoms with Gasteiger partial charge in [0.1, 0.15) is 11.7 Å². The standard InChI is InChI=1S/C11H9FO3/c1-6(11(13)14)9-5-7-3-2-4-8(12)10(7)15-9/h2-6H,1H3,(H,13,14). The number of carbonyl (C=O) groups is 1. The van der Waals surface area contributed by atoms with Gasteiger partial charge in [-0.15, -0.1) is 0 Å². The zero-order chi connectivity index (χ0) is 11.0. The molecule has 0 spiro atoms. The first kappa shape index (κ1) is 9.71. The lowest BCUT2D eigenvalue weighted by molar-refractivity contribution is -0.138. The Labute approximate surface area is 85.1 Å². The molecule has 0 bridgehead atoms. The second kappa shape index (κ2) is 3.38. The number of aliphatic carboxylic acids is 1. The van der Waals surface area contributed by atoms with Gasteiger partial charge >= 0.3 is 5.97 Å². The normalized spacial score (nSPS) is 12.9. The molecule has 0 saturated carbocycles. The fourth-order valence-electron chi connectivity index (χ4n) is 1.38. The first-order chi connectivity index (χ1) is 7.09. The van der Waals surface area contributed by atoms with Crippen molar-refractivity contribution in [2.45, 2.75) is 12.8 Å². The van der Waals surface area contributed by atoms with Crippen molar-refractivity contribution in [2.24, 2.45) is 0 Å². The van der Waals surface area contributed by atoms with E-state index < -0.39 is 17.7 Å². The Morgan fingerprint density at radius 3 is 2.87 bits per heavy atom. The number of hydrogen-bond acceptors (Lipinski definition) is 2. The molecule has 1 N–H and O–H groups in total. The number of fused-ring (bicyclic) bond motifs is 1. The van der Waals surface area contributed by atoms with Crippen LogP contribution in [0, 0.1) is 5.82 Å². The Bertz CT molecular complexity index is 516. The number of furan rings is 1. The van der Waals surface area contributed by atoms with Crippen molar-refractivity contribution < 1.29 is 18.7 Å². The van der Waals surface area contributed by atoms with E-state index in [-0.39, 0.29) is 11.3 Å². The molecule has 1 unspecified atom stereocenters. The fourth-order valence-corrected chi connectivity index (χ4v) is 1.38. The van der Waals surface area contributed by atoms with Gasteiger partial charge in [0.05, 0.1) is 0 Å². The summed E-state index contributed by atoms with van der Waals surface area (Å²) in [6.45, 7) is 1.50. The van der Waals surface area contributed by atoms with Crippen LogP contribution in [0.2, 0.25) is 0 Å². The second-order valence-corrected chi connectivity index (χ2v) is 3.37. The van der Waals surface area contributed by atoms with Gasteiger partial charge in [-0.2, -0.15) is 0 Å². The molecule has 3 nitrogen and oxygen atoms in total. The molecule has 0 aliphatic carbocycles. The molecule has 0 aliphatic rings. The van der Waals surface area contributed by atoms with Gasteiger partial charge in [-0.05, 0) is 19.1 Å². The molecule has 0 amide bonds. The van der Waals surface area contributed by atoms with Crippen LogP contribution in [0.1, 0.15) is 18.6 Å². The molecule has 2 rings (SSSR count). The average Bonchev–Trinajstić information content (AvgIpc) is 2.61. The molecule has 78 valence electrons. The lowest BCUT2D eigenvalue weighted by Gasteiger charge is -1.99. The molecule has 15 heavy (non-hydrogen) atoms. The van der Waals surface area contributed by atoms with E-state index in [0.717, 1.165) is 0 Å². The van der Waals surface area contributed by atoms with Crippen LogP contribution in [0.25, 0.3) is 11.0 Å². The predicted octanol–water partition coefficient (Wildman–Crippen LogP) is 2.76. The van der Waals surface area contributed by atoms with E-state index in [1.165, 1.54) is 13.0 Å². The van der Waals surface area contributed by atoms with Gasteiger partial charge in [0.25, 0.3) is 0 Å². The summed E-state index contributed by atoms with van der Waals surface area (Å²) in [6, 6.07) is 6.07. The third-order valence-corrected chi connectivity index (χ3v) is 2.31. The van der Waals surface area contributed by atoms with Gasteiger partial charge < -0.3 is 9.52 Å². The SMILES string of the molecule is CC(C(=O)O)c1cc2cccc(F)c2o1. The second-order valence-electron chi connectivity index (χ2n) is 3.37. The summed E-state index contributed by atoms with van der Waals surface area (Å²) in [7, 11) is 0. The lowest BCUT2D eigenvalue weighted by atomic mass is 10.1. The van der Waals surface area contributed by atoms with E-state index in [9.17, 15) is 9.18 Å². The van der Waals surface area contributed by atoms with Crippen LogP contribution in [-0.2, 0) is 4.79 Å². The van der Waals surface area contributed by atoms with Gasteiger partial charge in [-0.3, -0.25) is 4.79 Å². The molecule has 4 heteroatoms. The number of rotatable bonds is 2. The number of carboxylic acids is 1. The number of benzene rings is 1. The van der Waals surface area contributed by atoms with Gasteiger partial charge in [0.15, 0.2) is 11.4 Å². The van der Waals surface area contributed by atoms with Crippen molar-refractivity contribution in [2.75, 3.05) is 0 Å². The van der Waals surface area contributed by atoms with Crippen molar-refractivity contribution >= 4 is 16.9 Å². The number of halogens is 1. The quantitative estimate of drug-likeness (QED) is 0.825. The van der Waals surface area contributed by atoms with Crippen molar-refractivity contribution in [1.82, 2.24) is 0 Å². The van der Waals surface area contributed by atoms with Gasteiger partial charge in [0, 0.05) is 5.39 Å². The van der Waals surface area contributed by atoms with Crippen molar-refractivity contribution in [1.29, 1.82) is 0 Å².